The number of hydrogen-bond donors (Lipinski definition) is 1. The number of carbonyl (C=O) groups is 2. The van der Waals surface area contributed by atoms with Gasteiger partial charge >= 0.3 is 0 Å². The summed E-state index contributed by atoms with van der Waals surface area (Å²) >= 11 is 0. The van der Waals surface area contributed by atoms with Crippen LogP contribution < -0.4 is 5.32 Å². The van der Waals surface area contributed by atoms with E-state index in [4.69, 9.17) is 0 Å². The van der Waals surface area contributed by atoms with E-state index >= 15 is 0 Å². The second kappa shape index (κ2) is 5.35. The summed E-state index contributed by atoms with van der Waals surface area (Å²) in [6, 6.07) is 6.12. The van der Waals surface area contributed by atoms with E-state index in [0.29, 0.717) is 12.8 Å². The highest BCUT2D eigenvalue weighted by molar-refractivity contribution is 6.05. The van der Waals surface area contributed by atoms with Crippen LogP contribution in [0, 0.1) is 25.7 Å². The molecular weight excluding hydrogens is 264 g/mol. The Labute approximate surface area is 124 Å². The molecule has 1 aromatic carbocycles. The van der Waals surface area contributed by atoms with E-state index in [1.54, 1.807) is 0 Å². The molecule has 21 heavy (non-hydrogen) atoms. The number of anilines is 1. The van der Waals surface area contributed by atoms with Crippen LogP contribution in [0.5, 0.6) is 0 Å². The SMILES string of the molecule is Cc1ccc(C)c(NCN2C(=O)[C@@H]3CC=CC[C@H]3C2=O)c1. The predicted octanol–water partition coefficient (Wildman–Crippen LogP) is 2.62. The number of benzene rings is 1. The third kappa shape index (κ3) is 2.46. The number of allylic oxidation sites excluding steroid dienone is 2. The molecule has 0 spiro atoms. The number of aryl methyl sites for hydroxylation is 2. The fourth-order valence-corrected chi connectivity index (χ4v) is 3.12. The van der Waals surface area contributed by atoms with Crippen molar-refractivity contribution in [3.63, 3.8) is 0 Å². The van der Waals surface area contributed by atoms with Gasteiger partial charge in [-0.3, -0.25) is 14.5 Å². The smallest absolute Gasteiger partial charge is 0.234 e. The molecule has 0 bridgehead atoms. The van der Waals surface area contributed by atoms with E-state index in [0.717, 1.165) is 16.8 Å². The second-order valence-corrected chi connectivity index (χ2v) is 5.91. The largest absolute Gasteiger partial charge is 0.367 e. The number of fused-ring (bicyclic) bond motifs is 1. The number of amides is 2. The molecule has 1 aliphatic heterocycles. The highest BCUT2D eigenvalue weighted by Crippen LogP contribution is 2.34. The summed E-state index contributed by atoms with van der Waals surface area (Å²) < 4.78 is 0. The maximum atomic E-state index is 12.4. The molecule has 0 unspecified atom stereocenters. The third-order valence-electron chi connectivity index (χ3n) is 4.42. The Hall–Kier alpha value is -2.10. The van der Waals surface area contributed by atoms with E-state index in [1.807, 2.05) is 44.2 Å². The third-order valence-corrected chi connectivity index (χ3v) is 4.42. The fraction of sp³-hybridized carbons (Fsp3) is 0.412. The Morgan fingerprint density at radius 3 is 2.33 bits per heavy atom. The Morgan fingerprint density at radius 1 is 1.10 bits per heavy atom. The van der Waals surface area contributed by atoms with Crippen LogP contribution in [-0.4, -0.2) is 23.4 Å². The van der Waals surface area contributed by atoms with Gasteiger partial charge in [-0.25, -0.2) is 0 Å². The van der Waals surface area contributed by atoms with Crippen molar-refractivity contribution in [2.24, 2.45) is 11.8 Å². The van der Waals surface area contributed by atoms with E-state index in [1.165, 1.54) is 4.90 Å². The summed E-state index contributed by atoms with van der Waals surface area (Å²) in [6.45, 7) is 4.30. The summed E-state index contributed by atoms with van der Waals surface area (Å²) in [5.74, 6) is -0.370. The maximum Gasteiger partial charge on any atom is 0.234 e. The van der Waals surface area contributed by atoms with Crippen molar-refractivity contribution >= 4 is 17.5 Å². The van der Waals surface area contributed by atoms with Gasteiger partial charge in [-0.2, -0.15) is 0 Å². The van der Waals surface area contributed by atoms with Gasteiger partial charge < -0.3 is 5.32 Å². The lowest BCUT2D eigenvalue weighted by atomic mass is 9.85. The van der Waals surface area contributed by atoms with E-state index < -0.39 is 0 Å². The van der Waals surface area contributed by atoms with Crippen LogP contribution in [0.15, 0.2) is 30.4 Å². The highest BCUT2D eigenvalue weighted by Gasteiger charge is 2.46. The molecule has 1 heterocycles. The standard InChI is InChI=1S/C17H20N2O2/c1-11-7-8-12(2)15(9-11)18-10-19-16(20)13-5-3-4-6-14(13)17(19)21/h3-4,7-9,13-14,18H,5-6,10H2,1-2H3/t13-,14-/m1/s1. The average molecular weight is 284 g/mol. The first-order valence-electron chi connectivity index (χ1n) is 7.39. The van der Waals surface area contributed by atoms with Crippen LogP contribution >= 0.6 is 0 Å². The van der Waals surface area contributed by atoms with Gasteiger partial charge in [0.15, 0.2) is 0 Å². The van der Waals surface area contributed by atoms with Gasteiger partial charge in [0.2, 0.25) is 11.8 Å². The van der Waals surface area contributed by atoms with Crippen molar-refractivity contribution in [3.8, 4) is 0 Å². The van der Waals surface area contributed by atoms with Crippen molar-refractivity contribution in [1.82, 2.24) is 4.90 Å². The van der Waals surface area contributed by atoms with Crippen LogP contribution in [0.1, 0.15) is 24.0 Å². The van der Waals surface area contributed by atoms with Crippen LogP contribution in [0.2, 0.25) is 0 Å². The first-order valence-corrected chi connectivity index (χ1v) is 7.39. The average Bonchev–Trinajstić information content (AvgIpc) is 2.73. The van der Waals surface area contributed by atoms with Gasteiger partial charge in [0.05, 0.1) is 18.5 Å². The summed E-state index contributed by atoms with van der Waals surface area (Å²) in [5, 5.41) is 3.23. The monoisotopic (exact) mass is 284 g/mol. The fourth-order valence-electron chi connectivity index (χ4n) is 3.12. The zero-order valence-corrected chi connectivity index (χ0v) is 12.4. The van der Waals surface area contributed by atoms with Crippen LogP contribution in [0.3, 0.4) is 0 Å². The molecule has 1 N–H and O–H groups in total. The highest BCUT2D eigenvalue weighted by atomic mass is 16.2. The Balaban J connectivity index is 1.72. The maximum absolute atomic E-state index is 12.4. The van der Waals surface area contributed by atoms with Crippen molar-refractivity contribution in [2.45, 2.75) is 26.7 Å². The predicted molar refractivity (Wildman–Crippen MR) is 81.6 cm³/mol. The lowest BCUT2D eigenvalue weighted by molar-refractivity contribution is -0.139. The van der Waals surface area contributed by atoms with Crippen molar-refractivity contribution in [3.05, 3.63) is 41.5 Å². The molecule has 3 rings (SSSR count). The molecule has 4 nitrogen and oxygen atoms in total. The van der Waals surface area contributed by atoms with Crippen LogP contribution in [0.4, 0.5) is 5.69 Å². The first-order chi connectivity index (χ1) is 10.1. The molecule has 0 aromatic heterocycles. The molecule has 2 amide bonds. The lowest BCUT2D eigenvalue weighted by Gasteiger charge is -2.18. The van der Waals surface area contributed by atoms with Gasteiger partial charge in [-0.05, 0) is 43.9 Å². The normalized spacial score (nSPS) is 24.4. The minimum absolute atomic E-state index is 0.0350. The molecule has 2 atom stereocenters. The Bertz CT molecular complexity index is 595. The molecular formula is C17H20N2O2. The minimum atomic E-state index is -0.150. The molecule has 4 heteroatoms. The summed E-state index contributed by atoms with van der Waals surface area (Å²) in [4.78, 5) is 26.1. The molecule has 1 fully saturated rings. The first kappa shape index (κ1) is 13.9. The molecule has 1 aliphatic carbocycles. The number of rotatable bonds is 3. The minimum Gasteiger partial charge on any atom is -0.367 e. The van der Waals surface area contributed by atoms with Crippen LogP contribution in [0.25, 0.3) is 0 Å². The van der Waals surface area contributed by atoms with Gasteiger partial charge in [-0.15, -0.1) is 0 Å². The molecule has 1 saturated heterocycles. The molecule has 2 aliphatic rings. The van der Waals surface area contributed by atoms with Gasteiger partial charge in [-0.1, -0.05) is 24.3 Å². The number of likely N-dealkylation sites (tertiary alicyclic amines) is 1. The Kier molecular flexibility index (Phi) is 3.53. The summed E-state index contributed by atoms with van der Waals surface area (Å²) in [7, 11) is 0. The summed E-state index contributed by atoms with van der Waals surface area (Å²) in [6.07, 6.45) is 5.40. The zero-order chi connectivity index (χ0) is 15.0. The number of nitrogens with one attached hydrogen (secondary N) is 1. The second-order valence-electron chi connectivity index (χ2n) is 5.91. The van der Waals surface area contributed by atoms with E-state index in [2.05, 4.69) is 5.32 Å². The number of hydrogen-bond acceptors (Lipinski definition) is 3. The molecule has 0 saturated carbocycles. The van der Waals surface area contributed by atoms with E-state index in [-0.39, 0.29) is 30.3 Å². The van der Waals surface area contributed by atoms with Crippen LogP contribution in [-0.2, 0) is 9.59 Å². The van der Waals surface area contributed by atoms with Gasteiger partial charge in [0.1, 0.15) is 0 Å². The van der Waals surface area contributed by atoms with Crippen molar-refractivity contribution < 1.29 is 9.59 Å². The molecule has 0 radical (unpaired) electrons. The number of carbonyl (C=O) groups excluding carboxylic acids is 2. The van der Waals surface area contributed by atoms with Crippen molar-refractivity contribution in [1.29, 1.82) is 0 Å². The number of nitrogens with zero attached hydrogens (tertiary/aromatic N) is 1. The zero-order valence-electron chi connectivity index (χ0n) is 12.4. The number of imide groups is 1. The summed E-state index contributed by atoms with van der Waals surface area (Å²) in [5.41, 5.74) is 3.24. The van der Waals surface area contributed by atoms with E-state index in [9.17, 15) is 9.59 Å². The van der Waals surface area contributed by atoms with Gasteiger partial charge in [0.25, 0.3) is 0 Å². The lowest BCUT2D eigenvalue weighted by Crippen LogP contribution is -2.35. The molecule has 110 valence electrons. The van der Waals surface area contributed by atoms with Gasteiger partial charge in [0, 0.05) is 5.69 Å². The molecule has 1 aromatic rings. The van der Waals surface area contributed by atoms with Crippen molar-refractivity contribution in [2.75, 3.05) is 12.0 Å². The topological polar surface area (TPSA) is 49.4 Å². The quantitative estimate of drug-likeness (QED) is 0.685. The Morgan fingerprint density at radius 2 is 1.71 bits per heavy atom.